The highest BCUT2D eigenvalue weighted by Crippen LogP contribution is 2.26. The molecule has 0 bridgehead atoms. The van der Waals surface area contributed by atoms with Gasteiger partial charge in [0.2, 0.25) is 0 Å². The van der Waals surface area contributed by atoms with Gasteiger partial charge in [0.1, 0.15) is 5.82 Å². The summed E-state index contributed by atoms with van der Waals surface area (Å²) in [6.07, 6.45) is 0.0857. The van der Waals surface area contributed by atoms with Crippen LogP contribution in [-0.4, -0.2) is 10.6 Å². The molecule has 0 aliphatic rings. The lowest BCUT2D eigenvalue weighted by atomic mass is 9.95. The Morgan fingerprint density at radius 3 is 2.29 bits per heavy atom. The molecule has 4 heteroatoms. The van der Waals surface area contributed by atoms with Crippen LogP contribution in [0.1, 0.15) is 19.4 Å². The standard InChI is InChI=1S/C10H13F2NO/c1-10(2,13)5-6-7(11)3-4-8(12)9(6)14/h3-4,14H,5,13H2,1-2H3. The van der Waals surface area contributed by atoms with Gasteiger partial charge in [0.05, 0.1) is 0 Å². The van der Waals surface area contributed by atoms with E-state index in [1.54, 1.807) is 13.8 Å². The molecule has 14 heavy (non-hydrogen) atoms. The first-order chi connectivity index (χ1) is 6.31. The van der Waals surface area contributed by atoms with Gasteiger partial charge in [0, 0.05) is 11.1 Å². The van der Waals surface area contributed by atoms with Crippen LogP contribution in [0.15, 0.2) is 12.1 Å². The lowest BCUT2D eigenvalue weighted by Crippen LogP contribution is -2.34. The Kier molecular flexibility index (Phi) is 2.76. The molecule has 0 spiro atoms. The molecule has 78 valence electrons. The fourth-order valence-corrected chi connectivity index (χ4v) is 1.21. The van der Waals surface area contributed by atoms with Gasteiger partial charge in [-0.3, -0.25) is 0 Å². The van der Waals surface area contributed by atoms with Crippen molar-refractivity contribution in [1.29, 1.82) is 0 Å². The average molecular weight is 201 g/mol. The van der Waals surface area contributed by atoms with Gasteiger partial charge >= 0.3 is 0 Å². The first kappa shape index (κ1) is 10.9. The molecule has 0 aromatic heterocycles. The van der Waals surface area contributed by atoms with Crippen molar-refractivity contribution < 1.29 is 13.9 Å². The van der Waals surface area contributed by atoms with E-state index in [0.717, 1.165) is 12.1 Å². The highest BCUT2D eigenvalue weighted by atomic mass is 19.1. The molecule has 0 saturated carbocycles. The lowest BCUT2D eigenvalue weighted by molar-refractivity contribution is 0.404. The fourth-order valence-electron chi connectivity index (χ4n) is 1.21. The summed E-state index contributed by atoms with van der Waals surface area (Å²) >= 11 is 0. The Morgan fingerprint density at radius 2 is 1.79 bits per heavy atom. The van der Waals surface area contributed by atoms with Crippen LogP contribution in [0, 0.1) is 11.6 Å². The van der Waals surface area contributed by atoms with Gasteiger partial charge in [-0.2, -0.15) is 0 Å². The van der Waals surface area contributed by atoms with E-state index in [-0.39, 0.29) is 12.0 Å². The molecule has 0 radical (unpaired) electrons. The Morgan fingerprint density at radius 1 is 1.29 bits per heavy atom. The second kappa shape index (κ2) is 3.53. The Hall–Kier alpha value is -1.16. The highest BCUT2D eigenvalue weighted by molar-refractivity contribution is 5.36. The van der Waals surface area contributed by atoms with Crippen molar-refractivity contribution in [2.24, 2.45) is 5.73 Å². The molecule has 1 rings (SSSR count). The predicted octanol–water partition coefficient (Wildman–Crippen LogP) is 1.95. The Balaban J connectivity index is 3.13. The van der Waals surface area contributed by atoms with Gasteiger partial charge in [-0.25, -0.2) is 8.78 Å². The van der Waals surface area contributed by atoms with Gasteiger partial charge in [-0.15, -0.1) is 0 Å². The van der Waals surface area contributed by atoms with Crippen LogP contribution in [0.4, 0.5) is 8.78 Å². The van der Waals surface area contributed by atoms with Crippen LogP contribution in [-0.2, 0) is 6.42 Å². The summed E-state index contributed by atoms with van der Waals surface area (Å²) in [7, 11) is 0. The number of rotatable bonds is 2. The predicted molar refractivity (Wildman–Crippen MR) is 50.0 cm³/mol. The zero-order valence-electron chi connectivity index (χ0n) is 8.14. The molecular weight excluding hydrogens is 188 g/mol. The summed E-state index contributed by atoms with van der Waals surface area (Å²) in [6.45, 7) is 3.35. The molecule has 0 unspecified atom stereocenters. The van der Waals surface area contributed by atoms with Gasteiger partial charge < -0.3 is 10.8 Å². The van der Waals surface area contributed by atoms with Gasteiger partial charge in [0.15, 0.2) is 11.6 Å². The summed E-state index contributed by atoms with van der Waals surface area (Å²) in [6, 6.07) is 1.87. The molecule has 0 fully saturated rings. The van der Waals surface area contributed by atoms with Crippen LogP contribution in [0.5, 0.6) is 5.75 Å². The molecule has 0 aliphatic carbocycles. The van der Waals surface area contributed by atoms with Gasteiger partial charge in [-0.05, 0) is 32.4 Å². The topological polar surface area (TPSA) is 46.2 Å². The van der Waals surface area contributed by atoms with E-state index >= 15 is 0 Å². The number of nitrogens with two attached hydrogens (primary N) is 1. The smallest absolute Gasteiger partial charge is 0.165 e. The molecule has 3 N–H and O–H groups in total. The molecular formula is C10H13F2NO. The number of hydrogen-bond acceptors (Lipinski definition) is 2. The minimum atomic E-state index is -0.828. The summed E-state index contributed by atoms with van der Waals surface area (Å²) < 4.78 is 26.1. The van der Waals surface area contributed by atoms with Gasteiger partial charge in [0.25, 0.3) is 0 Å². The minimum absolute atomic E-state index is 0.0718. The zero-order valence-corrected chi connectivity index (χ0v) is 8.14. The number of benzene rings is 1. The van der Waals surface area contributed by atoms with Crippen LogP contribution in [0.2, 0.25) is 0 Å². The maximum Gasteiger partial charge on any atom is 0.165 e. The van der Waals surface area contributed by atoms with Crippen molar-refractivity contribution in [3.05, 3.63) is 29.3 Å². The van der Waals surface area contributed by atoms with Crippen molar-refractivity contribution in [3.63, 3.8) is 0 Å². The second-order valence-corrected chi connectivity index (χ2v) is 4.02. The molecule has 0 aliphatic heterocycles. The summed E-state index contributed by atoms with van der Waals surface area (Å²) in [5, 5.41) is 9.27. The van der Waals surface area contributed by atoms with E-state index in [0.29, 0.717) is 0 Å². The summed E-state index contributed by atoms with van der Waals surface area (Å²) in [5.41, 5.74) is 4.89. The van der Waals surface area contributed by atoms with Crippen LogP contribution < -0.4 is 5.73 Å². The fraction of sp³-hybridized carbons (Fsp3) is 0.400. The van der Waals surface area contributed by atoms with Crippen LogP contribution >= 0.6 is 0 Å². The maximum atomic E-state index is 13.2. The number of halogens is 2. The van der Waals surface area contributed by atoms with Crippen molar-refractivity contribution in [2.45, 2.75) is 25.8 Å². The zero-order chi connectivity index (χ0) is 10.9. The quantitative estimate of drug-likeness (QED) is 0.768. The van der Waals surface area contributed by atoms with Crippen molar-refractivity contribution >= 4 is 0 Å². The van der Waals surface area contributed by atoms with Crippen molar-refractivity contribution in [3.8, 4) is 5.75 Å². The summed E-state index contributed by atoms with van der Waals surface area (Å²) in [4.78, 5) is 0. The van der Waals surface area contributed by atoms with Crippen molar-refractivity contribution in [1.82, 2.24) is 0 Å². The third-order valence-corrected chi connectivity index (χ3v) is 1.81. The van der Waals surface area contributed by atoms with Crippen LogP contribution in [0.25, 0.3) is 0 Å². The maximum absolute atomic E-state index is 13.2. The average Bonchev–Trinajstić information content (AvgIpc) is 2.04. The molecule has 0 saturated heterocycles. The monoisotopic (exact) mass is 201 g/mol. The van der Waals surface area contributed by atoms with Crippen LogP contribution in [0.3, 0.4) is 0 Å². The molecule has 0 atom stereocenters. The normalized spacial score (nSPS) is 11.8. The molecule has 0 heterocycles. The third kappa shape index (κ3) is 2.42. The number of aromatic hydroxyl groups is 1. The van der Waals surface area contributed by atoms with E-state index < -0.39 is 22.9 Å². The SMILES string of the molecule is CC(C)(N)Cc1c(F)ccc(F)c1O. The number of phenols is 1. The van der Waals surface area contributed by atoms with Gasteiger partial charge in [-0.1, -0.05) is 0 Å². The Bertz CT molecular complexity index is 345. The largest absolute Gasteiger partial charge is 0.505 e. The Labute approximate surface area is 81.4 Å². The number of hydrogen-bond donors (Lipinski definition) is 2. The third-order valence-electron chi connectivity index (χ3n) is 1.81. The molecule has 1 aromatic carbocycles. The number of phenolic OH excluding ortho intramolecular Hbond substituents is 1. The van der Waals surface area contributed by atoms with E-state index in [1.165, 1.54) is 0 Å². The second-order valence-electron chi connectivity index (χ2n) is 4.02. The summed E-state index contributed by atoms with van der Waals surface area (Å²) in [5.74, 6) is -2.11. The first-order valence-corrected chi connectivity index (χ1v) is 4.26. The minimum Gasteiger partial charge on any atom is -0.505 e. The molecule has 0 amide bonds. The molecule has 2 nitrogen and oxygen atoms in total. The van der Waals surface area contributed by atoms with E-state index in [9.17, 15) is 13.9 Å². The van der Waals surface area contributed by atoms with Crippen molar-refractivity contribution in [2.75, 3.05) is 0 Å². The first-order valence-electron chi connectivity index (χ1n) is 4.26. The highest BCUT2D eigenvalue weighted by Gasteiger charge is 2.19. The molecule has 1 aromatic rings. The lowest BCUT2D eigenvalue weighted by Gasteiger charge is -2.19. The van der Waals surface area contributed by atoms with E-state index in [1.807, 2.05) is 0 Å². The van der Waals surface area contributed by atoms with E-state index in [4.69, 9.17) is 5.73 Å². The van der Waals surface area contributed by atoms with E-state index in [2.05, 4.69) is 0 Å².